The summed E-state index contributed by atoms with van der Waals surface area (Å²) in [5.74, 6) is -0.557. The maximum absolute atomic E-state index is 9.80. The van der Waals surface area contributed by atoms with Gasteiger partial charge in [0.1, 0.15) is 34.8 Å². The Balaban J connectivity index is 3.85. The predicted octanol–water partition coefficient (Wildman–Crippen LogP) is 2.05. The van der Waals surface area contributed by atoms with Gasteiger partial charge >= 0.3 is 0 Å². The molecule has 1 rings (SSSR count). The standard InChI is InChI=1S/C12H10N2O2/c1-3-7-8(4-2)12(16)10(6-14)9(5-13)11(7)15/h3,15-16H,1,4H2,2H3. The van der Waals surface area contributed by atoms with E-state index in [1.807, 2.05) is 0 Å². The van der Waals surface area contributed by atoms with Crippen LogP contribution in [0.25, 0.3) is 6.08 Å². The van der Waals surface area contributed by atoms with Crippen LogP contribution < -0.4 is 0 Å². The van der Waals surface area contributed by atoms with Crippen molar-refractivity contribution in [3.63, 3.8) is 0 Å². The third kappa shape index (κ3) is 1.47. The summed E-state index contributed by atoms with van der Waals surface area (Å²) in [7, 11) is 0. The predicted molar refractivity (Wildman–Crippen MR) is 58.7 cm³/mol. The van der Waals surface area contributed by atoms with Gasteiger partial charge < -0.3 is 10.2 Å². The van der Waals surface area contributed by atoms with E-state index < -0.39 is 0 Å². The van der Waals surface area contributed by atoms with Gasteiger partial charge in [-0.15, -0.1) is 0 Å². The third-order valence-corrected chi connectivity index (χ3v) is 2.37. The van der Waals surface area contributed by atoms with Crippen molar-refractivity contribution in [2.45, 2.75) is 13.3 Å². The molecule has 1 aromatic carbocycles. The highest BCUT2D eigenvalue weighted by Gasteiger charge is 2.20. The van der Waals surface area contributed by atoms with Crippen molar-refractivity contribution >= 4 is 6.08 Å². The molecule has 0 saturated carbocycles. The molecule has 1 aromatic rings. The van der Waals surface area contributed by atoms with Crippen molar-refractivity contribution in [1.29, 1.82) is 10.5 Å². The average molecular weight is 214 g/mol. The van der Waals surface area contributed by atoms with Crippen molar-refractivity contribution in [1.82, 2.24) is 0 Å². The molecule has 0 aromatic heterocycles. The van der Waals surface area contributed by atoms with E-state index >= 15 is 0 Å². The summed E-state index contributed by atoms with van der Waals surface area (Å²) >= 11 is 0. The Labute approximate surface area is 93.3 Å². The molecule has 0 aliphatic rings. The zero-order chi connectivity index (χ0) is 12.3. The van der Waals surface area contributed by atoms with Gasteiger partial charge in [0.05, 0.1) is 0 Å². The summed E-state index contributed by atoms with van der Waals surface area (Å²) in [5, 5.41) is 37.3. The summed E-state index contributed by atoms with van der Waals surface area (Å²) in [6.45, 7) is 5.28. The number of hydrogen-bond acceptors (Lipinski definition) is 4. The van der Waals surface area contributed by atoms with E-state index in [0.29, 0.717) is 17.5 Å². The van der Waals surface area contributed by atoms with Gasteiger partial charge in [-0.1, -0.05) is 19.6 Å². The third-order valence-electron chi connectivity index (χ3n) is 2.37. The highest BCUT2D eigenvalue weighted by atomic mass is 16.3. The lowest BCUT2D eigenvalue weighted by Gasteiger charge is -2.12. The van der Waals surface area contributed by atoms with Crippen LogP contribution in [0.5, 0.6) is 11.5 Å². The van der Waals surface area contributed by atoms with Gasteiger partial charge in [-0.25, -0.2) is 0 Å². The van der Waals surface area contributed by atoms with Crippen molar-refractivity contribution < 1.29 is 10.2 Å². The van der Waals surface area contributed by atoms with E-state index in [1.165, 1.54) is 6.08 Å². The highest BCUT2D eigenvalue weighted by Crippen LogP contribution is 2.37. The fourth-order valence-corrected chi connectivity index (χ4v) is 1.59. The van der Waals surface area contributed by atoms with Crippen LogP contribution in [0, 0.1) is 22.7 Å². The molecule has 0 radical (unpaired) electrons. The first-order chi connectivity index (χ1) is 7.62. The molecule has 0 saturated heterocycles. The van der Waals surface area contributed by atoms with Gasteiger partial charge in [0.2, 0.25) is 0 Å². The second-order valence-electron chi connectivity index (χ2n) is 3.12. The fourth-order valence-electron chi connectivity index (χ4n) is 1.59. The molecular weight excluding hydrogens is 204 g/mol. The molecule has 0 spiro atoms. The van der Waals surface area contributed by atoms with Crippen LogP contribution in [0.3, 0.4) is 0 Å². The molecule has 0 aliphatic carbocycles. The fraction of sp³-hybridized carbons (Fsp3) is 0.167. The molecule has 2 N–H and O–H groups in total. The van der Waals surface area contributed by atoms with Crippen molar-refractivity contribution in [2.75, 3.05) is 0 Å². The monoisotopic (exact) mass is 214 g/mol. The number of hydrogen-bond donors (Lipinski definition) is 2. The Kier molecular flexibility index (Phi) is 3.17. The van der Waals surface area contributed by atoms with Crippen molar-refractivity contribution in [2.24, 2.45) is 0 Å². The van der Waals surface area contributed by atoms with Crippen molar-refractivity contribution in [3.05, 3.63) is 28.8 Å². The lowest BCUT2D eigenvalue weighted by atomic mass is 9.95. The van der Waals surface area contributed by atoms with Crippen LogP contribution in [-0.2, 0) is 6.42 Å². The summed E-state index contributed by atoms with van der Waals surface area (Å²) in [6, 6.07) is 3.42. The van der Waals surface area contributed by atoms with E-state index in [4.69, 9.17) is 10.5 Å². The number of benzene rings is 1. The second-order valence-corrected chi connectivity index (χ2v) is 3.12. The Morgan fingerprint density at radius 2 is 1.69 bits per heavy atom. The molecular formula is C12H10N2O2. The molecule has 0 aliphatic heterocycles. The molecule has 0 heterocycles. The number of rotatable bonds is 2. The van der Waals surface area contributed by atoms with E-state index in [9.17, 15) is 10.2 Å². The zero-order valence-electron chi connectivity index (χ0n) is 8.78. The van der Waals surface area contributed by atoms with E-state index in [-0.39, 0.29) is 22.6 Å². The quantitative estimate of drug-likeness (QED) is 0.737. The average Bonchev–Trinajstić information content (AvgIpc) is 2.30. The van der Waals surface area contributed by atoms with Gasteiger partial charge in [-0.2, -0.15) is 10.5 Å². The number of aromatic hydroxyl groups is 2. The van der Waals surface area contributed by atoms with Crippen LogP contribution in [0.15, 0.2) is 6.58 Å². The molecule has 16 heavy (non-hydrogen) atoms. The minimum absolute atomic E-state index is 0.192. The second kappa shape index (κ2) is 4.37. The lowest BCUT2D eigenvalue weighted by molar-refractivity contribution is 0.450. The SMILES string of the molecule is C=Cc1c(O)c(C#N)c(C#N)c(O)c1CC. The summed E-state index contributed by atoms with van der Waals surface area (Å²) < 4.78 is 0. The van der Waals surface area contributed by atoms with E-state index in [1.54, 1.807) is 19.1 Å². The first-order valence-electron chi connectivity index (χ1n) is 4.65. The molecule has 0 amide bonds. The Hall–Kier alpha value is -2.46. The molecule has 4 heteroatoms. The Bertz CT molecular complexity index is 530. The topological polar surface area (TPSA) is 88.0 Å². The minimum atomic E-state index is -0.302. The van der Waals surface area contributed by atoms with Crippen molar-refractivity contribution in [3.8, 4) is 23.6 Å². The first-order valence-corrected chi connectivity index (χ1v) is 4.65. The van der Waals surface area contributed by atoms with Gasteiger partial charge in [0.25, 0.3) is 0 Å². The van der Waals surface area contributed by atoms with Gasteiger partial charge in [0, 0.05) is 11.1 Å². The summed E-state index contributed by atoms with van der Waals surface area (Å²) in [4.78, 5) is 0. The number of phenols is 2. The van der Waals surface area contributed by atoms with Crippen LogP contribution in [-0.4, -0.2) is 10.2 Å². The van der Waals surface area contributed by atoms with Gasteiger partial charge in [-0.3, -0.25) is 0 Å². The zero-order valence-corrected chi connectivity index (χ0v) is 8.78. The highest BCUT2D eigenvalue weighted by molar-refractivity contribution is 5.73. The van der Waals surface area contributed by atoms with E-state index in [2.05, 4.69) is 6.58 Å². The number of phenolic OH excluding ortho intramolecular Hbond substituents is 2. The van der Waals surface area contributed by atoms with Gasteiger partial charge in [0.15, 0.2) is 0 Å². The molecule has 0 atom stereocenters. The van der Waals surface area contributed by atoms with Gasteiger partial charge in [-0.05, 0) is 6.42 Å². The molecule has 4 nitrogen and oxygen atoms in total. The first kappa shape index (κ1) is 11.6. The number of nitrogens with zero attached hydrogens (tertiary/aromatic N) is 2. The summed E-state index contributed by atoms with van der Waals surface area (Å²) in [6.07, 6.45) is 1.79. The number of nitriles is 2. The molecule has 0 unspecified atom stereocenters. The summed E-state index contributed by atoms with van der Waals surface area (Å²) in [5.41, 5.74) is 0.313. The maximum atomic E-state index is 9.80. The van der Waals surface area contributed by atoms with Crippen LogP contribution in [0.2, 0.25) is 0 Å². The largest absolute Gasteiger partial charge is 0.506 e. The smallest absolute Gasteiger partial charge is 0.142 e. The minimum Gasteiger partial charge on any atom is -0.506 e. The lowest BCUT2D eigenvalue weighted by Crippen LogP contribution is -1.96. The normalized spacial score (nSPS) is 9.19. The van der Waals surface area contributed by atoms with Crippen LogP contribution >= 0.6 is 0 Å². The van der Waals surface area contributed by atoms with E-state index in [0.717, 1.165) is 0 Å². The molecule has 0 fully saturated rings. The Morgan fingerprint density at radius 3 is 2.06 bits per heavy atom. The maximum Gasteiger partial charge on any atom is 0.142 e. The Morgan fingerprint density at radius 1 is 1.19 bits per heavy atom. The van der Waals surface area contributed by atoms with Crippen LogP contribution in [0.4, 0.5) is 0 Å². The van der Waals surface area contributed by atoms with Crippen LogP contribution in [0.1, 0.15) is 29.2 Å². The molecule has 80 valence electrons. The molecule has 0 bridgehead atoms.